The highest BCUT2D eigenvalue weighted by Gasteiger charge is 2.35. The molecule has 0 bridgehead atoms. The van der Waals surface area contributed by atoms with Gasteiger partial charge in [0.2, 0.25) is 0 Å². The summed E-state index contributed by atoms with van der Waals surface area (Å²) < 4.78 is 5.70. The van der Waals surface area contributed by atoms with E-state index in [9.17, 15) is 0 Å². The number of likely N-dealkylation sites (tertiary alicyclic amines) is 1. The quantitative estimate of drug-likeness (QED) is 0.440. The molecule has 31 heavy (non-hydrogen) atoms. The summed E-state index contributed by atoms with van der Waals surface area (Å²) >= 11 is 0. The lowest BCUT2D eigenvalue weighted by atomic mass is 9.88. The van der Waals surface area contributed by atoms with Crippen molar-refractivity contribution in [2.75, 3.05) is 39.4 Å². The fourth-order valence-corrected chi connectivity index (χ4v) is 4.99. The van der Waals surface area contributed by atoms with Crippen molar-refractivity contribution in [3.63, 3.8) is 0 Å². The first kappa shape index (κ1) is 22.6. The molecule has 1 aromatic carbocycles. The molecular weight excluding hydrogens is 386 g/mol. The van der Waals surface area contributed by atoms with Gasteiger partial charge in [-0.25, -0.2) is 0 Å². The third kappa shape index (κ3) is 6.43. The minimum atomic E-state index is -0.0226. The summed E-state index contributed by atoms with van der Waals surface area (Å²) in [4.78, 5) is 7.75. The number of guanidine groups is 1. The summed E-state index contributed by atoms with van der Waals surface area (Å²) in [7, 11) is 0. The third-order valence-electron chi connectivity index (χ3n) is 7.09. The molecule has 3 aliphatic rings. The first-order valence-corrected chi connectivity index (χ1v) is 12.4. The van der Waals surface area contributed by atoms with Gasteiger partial charge in [0.25, 0.3) is 0 Å². The number of hydrogen-bond donors (Lipinski definition) is 3. The van der Waals surface area contributed by atoms with E-state index in [0.29, 0.717) is 6.04 Å². The van der Waals surface area contributed by atoms with Crippen LogP contribution in [0, 0.1) is 0 Å². The Kier molecular flexibility index (Phi) is 7.86. The van der Waals surface area contributed by atoms with Crippen LogP contribution in [0.5, 0.6) is 0 Å². The van der Waals surface area contributed by atoms with Crippen molar-refractivity contribution in [2.45, 2.75) is 76.0 Å². The lowest BCUT2D eigenvalue weighted by Gasteiger charge is -2.40. The average molecular weight is 428 g/mol. The summed E-state index contributed by atoms with van der Waals surface area (Å²) in [6.07, 6.45) is 7.22. The Bertz CT molecular complexity index is 691. The second-order valence-corrected chi connectivity index (χ2v) is 9.55. The van der Waals surface area contributed by atoms with E-state index in [1.165, 1.54) is 44.3 Å². The summed E-state index contributed by atoms with van der Waals surface area (Å²) in [5, 5.41) is 11.1. The van der Waals surface area contributed by atoms with Crippen molar-refractivity contribution in [1.82, 2.24) is 20.9 Å². The number of rotatable bonds is 8. The minimum absolute atomic E-state index is 0.0226. The highest BCUT2D eigenvalue weighted by Crippen LogP contribution is 2.29. The summed E-state index contributed by atoms with van der Waals surface area (Å²) in [6, 6.07) is 12.4. The van der Waals surface area contributed by atoms with E-state index in [-0.39, 0.29) is 11.6 Å². The van der Waals surface area contributed by atoms with Gasteiger partial charge in [0, 0.05) is 56.5 Å². The molecule has 4 rings (SSSR count). The van der Waals surface area contributed by atoms with Gasteiger partial charge in [-0.1, -0.05) is 30.3 Å². The molecule has 3 fully saturated rings. The molecule has 6 heteroatoms. The molecule has 172 valence electrons. The highest BCUT2D eigenvalue weighted by atomic mass is 16.5. The Morgan fingerprint density at radius 3 is 2.48 bits per heavy atom. The van der Waals surface area contributed by atoms with Gasteiger partial charge in [0.1, 0.15) is 0 Å². The first-order chi connectivity index (χ1) is 15.2. The number of ether oxygens (including phenoxy) is 1. The summed E-state index contributed by atoms with van der Waals surface area (Å²) in [5.41, 5.74) is 1.30. The zero-order valence-electron chi connectivity index (χ0n) is 19.4. The van der Waals surface area contributed by atoms with Crippen LogP contribution in [0.25, 0.3) is 0 Å². The van der Waals surface area contributed by atoms with Crippen LogP contribution >= 0.6 is 0 Å². The van der Waals surface area contributed by atoms with Crippen LogP contribution in [-0.2, 0) is 4.74 Å². The molecule has 0 aromatic heterocycles. The number of aliphatic imine (C=N–C) groups is 1. The smallest absolute Gasteiger partial charge is 0.191 e. The molecule has 0 spiro atoms. The van der Waals surface area contributed by atoms with Crippen molar-refractivity contribution >= 4 is 5.96 Å². The maximum atomic E-state index is 5.70. The molecule has 1 aromatic rings. The molecule has 2 heterocycles. The predicted molar refractivity (Wildman–Crippen MR) is 128 cm³/mol. The van der Waals surface area contributed by atoms with Gasteiger partial charge in [-0.05, 0) is 57.9 Å². The molecule has 1 aliphatic carbocycles. The van der Waals surface area contributed by atoms with E-state index in [2.05, 4.69) is 65.0 Å². The molecule has 0 amide bonds. The molecule has 2 aliphatic heterocycles. The van der Waals surface area contributed by atoms with Crippen molar-refractivity contribution in [3.05, 3.63) is 35.9 Å². The van der Waals surface area contributed by atoms with E-state index < -0.39 is 0 Å². The van der Waals surface area contributed by atoms with E-state index in [1.807, 2.05) is 0 Å². The van der Waals surface area contributed by atoms with Gasteiger partial charge in [-0.2, -0.15) is 0 Å². The Morgan fingerprint density at radius 2 is 1.84 bits per heavy atom. The molecule has 0 radical (unpaired) electrons. The van der Waals surface area contributed by atoms with Crippen molar-refractivity contribution in [3.8, 4) is 0 Å². The molecule has 1 unspecified atom stereocenters. The standard InChI is InChI=1S/C25H41N5O/c1-3-26-24(28-22-11-15-30(16-12-22)23-9-10-23)27-19-25(13-17-31-18-14-25)29-20(2)21-7-5-4-6-8-21/h4-8,20,22-23,29H,3,9-19H2,1-2H3,(H2,26,27,28). The number of nitrogens with one attached hydrogen (secondary N) is 3. The van der Waals surface area contributed by atoms with Crippen LogP contribution in [0.3, 0.4) is 0 Å². The molecule has 1 saturated carbocycles. The summed E-state index contributed by atoms with van der Waals surface area (Å²) in [6.45, 7) is 10.1. The van der Waals surface area contributed by atoms with Crippen LogP contribution in [0.2, 0.25) is 0 Å². The second kappa shape index (κ2) is 10.8. The first-order valence-electron chi connectivity index (χ1n) is 12.4. The van der Waals surface area contributed by atoms with Crippen LogP contribution in [0.4, 0.5) is 0 Å². The number of benzene rings is 1. The largest absolute Gasteiger partial charge is 0.381 e. The van der Waals surface area contributed by atoms with E-state index >= 15 is 0 Å². The van der Waals surface area contributed by atoms with Gasteiger partial charge in [0.05, 0.1) is 6.54 Å². The number of nitrogens with zero attached hydrogens (tertiary/aromatic N) is 2. The van der Waals surface area contributed by atoms with Gasteiger partial charge in [-0.15, -0.1) is 0 Å². The Balaban J connectivity index is 1.38. The van der Waals surface area contributed by atoms with Crippen LogP contribution in [0.1, 0.15) is 64.0 Å². The number of piperidine rings is 1. The van der Waals surface area contributed by atoms with Crippen molar-refractivity contribution in [1.29, 1.82) is 0 Å². The number of hydrogen-bond acceptors (Lipinski definition) is 4. The Hall–Kier alpha value is -1.63. The minimum Gasteiger partial charge on any atom is -0.381 e. The fraction of sp³-hybridized carbons (Fsp3) is 0.720. The van der Waals surface area contributed by atoms with Crippen molar-refractivity contribution < 1.29 is 4.74 Å². The molecule has 6 nitrogen and oxygen atoms in total. The third-order valence-corrected chi connectivity index (χ3v) is 7.09. The Labute approximate surface area is 188 Å². The van der Waals surface area contributed by atoms with Gasteiger partial charge < -0.3 is 25.6 Å². The zero-order valence-corrected chi connectivity index (χ0v) is 19.4. The molecule has 3 N–H and O–H groups in total. The highest BCUT2D eigenvalue weighted by molar-refractivity contribution is 5.80. The van der Waals surface area contributed by atoms with E-state index in [0.717, 1.165) is 51.1 Å². The van der Waals surface area contributed by atoms with Gasteiger partial charge >= 0.3 is 0 Å². The van der Waals surface area contributed by atoms with E-state index in [4.69, 9.17) is 9.73 Å². The lowest BCUT2D eigenvalue weighted by molar-refractivity contribution is 0.0374. The monoisotopic (exact) mass is 427 g/mol. The van der Waals surface area contributed by atoms with Gasteiger partial charge in [0.15, 0.2) is 5.96 Å². The fourth-order valence-electron chi connectivity index (χ4n) is 4.99. The maximum Gasteiger partial charge on any atom is 0.191 e. The Morgan fingerprint density at radius 1 is 1.13 bits per heavy atom. The van der Waals surface area contributed by atoms with Crippen LogP contribution in [-0.4, -0.2) is 67.9 Å². The predicted octanol–water partition coefficient (Wildman–Crippen LogP) is 3.07. The zero-order chi connectivity index (χ0) is 21.5. The molecular formula is C25H41N5O. The maximum absolute atomic E-state index is 5.70. The van der Waals surface area contributed by atoms with Gasteiger partial charge in [-0.3, -0.25) is 4.99 Å². The van der Waals surface area contributed by atoms with Crippen molar-refractivity contribution in [2.24, 2.45) is 4.99 Å². The lowest BCUT2D eigenvalue weighted by Crippen LogP contribution is -2.54. The van der Waals surface area contributed by atoms with Crippen LogP contribution in [0.15, 0.2) is 35.3 Å². The average Bonchev–Trinajstić information content (AvgIpc) is 3.65. The molecule has 1 atom stereocenters. The normalized spacial score (nSPS) is 24.0. The second-order valence-electron chi connectivity index (χ2n) is 9.55. The summed E-state index contributed by atoms with van der Waals surface area (Å²) in [5.74, 6) is 0.965. The van der Waals surface area contributed by atoms with E-state index in [1.54, 1.807) is 0 Å². The SMILES string of the molecule is CCNC(=NCC1(NC(C)c2ccccc2)CCOCC1)NC1CCN(C2CC2)CC1. The van der Waals surface area contributed by atoms with Crippen LogP contribution < -0.4 is 16.0 Å². The topological polar surface area (TPSA) is 60.9 Å². The molecule has 2 saturated heterocycles.